The van der Waals surface area contributed by atoms with Gasteiger partial charge >= 0.3 is 5.97 Å². The van der Waals surface area contributed by atoms with Crippen molar-refractivity contribution in [2.75, 3.05) is 0 Å². The molecule has 0 heterocycles. The Labute approximate surface area is 86.3 Å². The van der Waals surface area contributed by atoms with E-state index in [0.29, 0.717) is 6.42 Å². The van der Waals surface area contributed by atoms with Gasteiger partial charge in [-0.2, -0.15) is 0 Å². The number of ketones is 2. The van der Waals surface area contributed by atoms with Crippen LogP contribution >= 0.6 is 0 Å². The van der Waals surface area contributed by atoms with Crippen LogP contribution in [0.5, 0.6) is 0 Å². The Hall–Kier alpha value is -1.71. The summed E-state index contributed by atoms with van der Waals surface area (Å²) in [4.78, 5) is 34.0. The number of fused-ring (bicyclic) bond motifs is 1. The molecule has 1 N–H and O–H groups in total. The molecule has 4 nitrogen and oxygen atoms in total. The van der Waals surface area contributed by atoms with Crippen LogP contribution in [-0.2, 0) is 14.4 Å². The highest BCUT2D eigenvalue weighted by atomic mass is 16.4. The Bertz CT molecular complexity index is 391. The summed E-state index contributed by atoms with van der Waals surface area (Å²) >= 11 is 0. The molecule has 0 spiro atoms. The van der Waals surface area contributed by atoms with Gasteiger partial charge in [0.25, 0.3) is 0 Å². The first-order chi connectivity index (χ1) is 7.11. The Balaban J connectivity index is 2.40. The number of hydrogen-bond donors (Lipinski definition) is 1. The van der Waals surface area contributed by atoms with Crippen molar-refractivity contribution in [3.63, 3.8) is 0 Å². The van der Waals surface area contributed by atoms with Crippen LogP contribution in [0.25, 0.3) is 0 Å². The second-order valence-electron chi connectivity index (χ2n) is 3.80. The van der Waals surface area contributed by atoms with Crippen LogP contribution in [0.2, 0.25) is 0 Å². The molecule has 2 aliphatic rings. The molecule has 0 saturated heterocycles. The normalized spacial score (nSPS) is 34.0. The maximum Gasteiger partial charge on any atom is 0.311 e. The Kier molecular flexibility index (Phi) is 2.26. The van der Waals surface area contributed by atoms with Crippen molar-refractivity contribution in [1.82, 2.24) is 0 Å². The van der Waals surface area contributed by atoms with E-state index in [-0.39, 0.29) is 11.6 Å². The predicted molar refractivity (Wildman–Crippen MR) is 51.0 cm³/mol. The number of rotatable bonds is 1. The first-order valence-corrected chi connectivity index (χ1v) is 4.76. The molecule has 3 atom stereocenters. The third-order valence-electron chi connectivity index (χ3n) is 2.94. The van der Waals surface area contributed by atoms with Gasteiger partial charge < -0.3 is 5.11 Å². The largest absolute Gasteiger partial charge is 0.481 e. The van der Waals surface area contributed by atoms with E-state index in [1.165, 1.54) is 18.2 Å². The second-order valence-corrected chi connectivity index (χ2v) is 3.80. The van der Waals surface area contributed by atoms with Crippen molar-refractivity contribution in [3.8, 4) is 0 Å². The highest BCUT2D eigenvalue weighted by Gasteiger charge is 2.43. The van der Waals surface area contributed by atoms with E-state index in [1.807, 2.05) is 0 Å². The van der Waals surface area contributed by atoms with Gasteiger partial charge in [-0.15, -0.1) is 0 Å². The number of aliphatic carboxylic acids is 1. The van der Waals surface area contributed by atoms with Gasteiger partial charge in [0, 0.05) is 11.8 Å². The molecule has 78 valence electrons. The van der Waals surface area contributed by atoms with Gasteiger partial charge in [-0.1, -0.05) is 12.2 Å². The zero-order chi connectivity index (χ0) is 11.0. The van der Waals surface area contributed by atoms with E-state index in [2.05, 4.69) is 0 Å². The predicted octanol–water partition coefficient (Wildman–Crippen LogP) is 0.588. The van der Waals surface area contributed by atoms with E-state index in [9.17, 15) is 14.4 Å². The molecule has 4 heteroatoms. The van der Waals surface area contributed by atoms with E-state index < -0.39 is 23.7 Å². The van der Waals surface area contributed by atoms with Gasteiger partial charge in [0.05, 0.1) is 5.92 Å². The van der Waals surface area contributed by atoms with Crippen molar-refractivity contribution in [2.45, 2.75) is 6.42 Å². The molecule has 0 aliphatic heterocycles. The number of carboxylic acid groups (broad SMARTS) is 1. The van der Waals surface area contributed by atoms with Crippen molar-refractivity contribution in [3.05, 3.63) is 24.3 Å². The molecular weight excluding hydrogens is 196 g/mol. The molecule has 0 saturated carbocycles. The minimum Gasteiger partial charge on any atom is -0.481 e. The van der Waals surface area contributed by atoms with Crippen molar-refractivity contribution < 1.29 is 19.5 Å². The van der Waals surface area contributed by atoms with Crippen LogP contribution in [0.15, 0.2) is 24.3 Å². The summed E-state index contributed by atoms with van der Waals surface area (Å²) in [6.45, 7) is 0. The van der Waals surface area contributed by atoms with Crippen LogP contribution in [0, 0.1) is 17.8 Å². The third-order valence-corrected chi connectivity index (χ3v) is 2.94. The zero-order valence-electron chi connectivity index (χ0n) is 7.92. The fraction of sp³-hybridized carbons (Fsp3) is 0.364. The lowest BCUT2D eigenvalue weighted by Gasteiger charge is -2.31. The minimum atomic E-state index is -1.04. The van der Waals surface area contributed by atoms with Crippen LogP contribution in [0.4, 0.5) is 0 Å². The maximum absolute atomic E-state index is 11.6. The monoisotopic (exact) mass is 206 g/mol. The molecule has 2 rings (SSSR count). The van der Waals surface area contributed by atoms with E-state index in [4.69, 9.17) is 5.11 Å². The maximum atomic E-state index is 11.6. The summed E-state index contributed by atoms with van der Waals surface area (Å²) < 4.78 is 0. The highest BCUT2D eigenvalue weighted by Crippen LogP contribution is 2.34. The molecule has 0 aromatic heterocycles. The van der Waals surface area contributed by atoms with Crippen LogP contribution < -0.4 is 0 Å². The van der Waals surface area contributed by atoms with Gasteiger partial charge in [-0.3, -0.25) is 14.4 Å². The number of carboxylic acids is 1. The summed E-state index contributed by atoms with van der Waals surface area (Å²) in [5.74, 6) is -3.48. The molecule has 0 aromatic carbocycles. The van der Waals surface area contributed by atoms with E-state index in [0.717, 1.165) is 0 Å². The SMILES string of the molecule is O=C(O)C1C=CCC2C(=O)C=CC(=O)C12. The van der Waals surface area contributed by atoms with Crippen molar-refractivity contribution in [1.29, 1.82) is 0 Å². The summed E-state index contributed by atoms with van der Waals surface area (Å²) in [5.41, 5.74) is 0. The minimum absolute atomic E-state index is 0.143. The first kappa shape index (κ1) is 9.83. The topological polar surface area (TPSA) is 71.4 Å². The van der Waals surface area contributed by atoms with Gasteiger partial charge in [0.15, 0.2) is 11.6 Å². The lowest BCUT2D eigenvalue weighted by molar-refractivity contribution is -0.146. The molecule has 15 heavy (non-hydrogen) atoms. The Morgan fingerprint density at radius 3 is 2.60 bits per heavy atom. The molecule has 2 aliphatic carbocycles. The Morgan fingerprint density at radius 2 is 1.93 bits per heavy atom. The van der Waals surface area contributed by atoms with E-state index in [1.54, 1.807) is 6.08 Å². The number of carbonyl (C=O) groups excluding carboxylic acids is 2. The number of carbonyl (C=O) groups is 3. The van der Waals surface area contributed by atoms with Crippen molar-refractivity contribution >= 4 is 17.5 Å². The average Bonchev–Trinajstić information content (AvgIpc) is 2.23. The average molecular weight is 206 g/mol. The van der Waals surface area contributed by atoms with Gasteiger partial charge in [0.2, 0.25) is 0 Å². The second kappa shape index (κ2) is 3.46. The molecule has 0 amide bonds. The van der Waals surface area contributed by atoms with Gasteiger partial charge in [-0.25, -0.2) is 0 Å². The fourth-order valence-corrected chi connectivity index (χ4v) is 2.19. The third kappa shape index (κ3) is 1.52. The quantitative estimate of drug-likeness (QED) is 0.637. The Morgan fingerprint density at radius 1 is 1.27 bits per heavy atom. The molecular formula is C11H10O4. The van der Waals surface area contributed by atoms with Gasteiger partial charge in [0.1, 0.15) is 0 Å². The number of hydrogen-bond acceptors (Lipinski definition) is 3. The lowest BCUT2D eigenvalue weighted by Crippen LogP contribution is -2.41. The molecule has 0 bridgehead atoms. The molecule has 0 fully saturated rings. The van der Waals surface area contributed by atoms with E-state index >= 15 is 0 Å². The van der Waals surface area contributed by atoms with Gasteiger partial charge in [-0.05, 0) is 18.6 Å². The fourth-order valence-electron chi connectivity index (χ4n) is 2.19. The van der Waals surface area contributed by atoms with Crippen molar-refractivity contribution in [2.24, 2.45) is 17.8 Å². The molecule has 0 radical (unpaired) electrons. The standard InChI is InChI=1S/C11H10O4/c12-8-4-5-9(13)10-6(8)2-1-3-7(10)11(14)15/h1,3-7,10H,2H2,(H,14,15). The van der Waals surface area contributed by atoms with Crippen LogP contribution in [0.1, 0.15) is 6.42 Å². The first-order valence-electron chi connectivity index (χ1n) is 4.76. The summed E-state index contributed by atoms with van der Waals surface area (Å²) in [5, 5.41) is 8.94. The summed E-state index contributed by atoms with van der Waals surface area (Å²) in [7, 11) is 0. The van der Waals surface area contributed by atoms with Crippen LogP contribution in [-0.4, -0.2) is 22.6 Å². The smallest absolute Gasteiger partial charge is 0.311 e. The molecule has 3 unspecified atom stereocenters. The summed E-state index contributed by atoms with van der Waals surface area (Å²) in [6, 6.07) is 0. The zero-order valence-corrected chi connectivity index (χ0v) is 7.92. The lowest BCUT2D eigenvalue weighted by atomic mass is 9.69. The molecule has 0 aromatic rings. The van der Waals surface area contributed by atoms with Crippen LogP contribution in [0.3, 0.4) is 0 Å². The highest BCUT2D eigenvalue weighted by molar-refractivity contribution is 6.08. The number of allylic oxidation sites excluding steroid dienone is 3. The summed E-state index contributed by atoms with van der Waals surface area (Å²) in [6.07, 6.45) is 6.08.